The van der Waals surface area contributed by atoms with Crippen molar-refractivity contribution < 1.29 is 99.5 Å². The van der Waals surface area contributed by atoms with Gasteiger partial charge in [-0.3, -0.25) is 0 Å². The van der Waals surface area contributed by atoms with Crippen LogP contribution in [0, 0.1) is 0 Å². The van der Waals surface area contributed by atoms with Crippen LogP contribution in [0.15, 0.2) is 0 Å². The van der Waals surface area contributed by atoms with E-state index in [0.717, 1.165) is 0 Å². The zero-order valence-corrected chi connectivity index (χ0v) is 23.6. The Morgan fingerprint density at radius 2 is 0.956 bits per heavy atom. The van der Waals surface area contributed by atoms with Gasteiger partial charge in [0.2, 0.25) is 0 Å². The van der Waals surface area contributed by atoms with Gasteiger partial charge in [-0.15, -0.1) is 0 Å². The van der Waals surface area contributed by atoms with Gasteiger partial charge in [0.05, 0.1) is 32.5 Å². The molecule has 264 valence electrons. The van der Waals surface area contributed by atoms with Gasteiger partial charge in [0.25, 0.3) is 0 Å². The van der Waals surface area contributed by atoms with Gasteiger partial charge in [-0.2, -0.15) is 0 Å². The van der Waals surface area contributed by atoms with Gasteiger partial charge in [0, 0.05) is 0 Å². The quantitative estimate of drug-likeness (QED) is 0.0973. The summed E-state index contributed by atoms with van der Waals surface area (Å²) < 4.78 is 38.0. The highest BCUT2D eigenvalue weighted by Gasteiger charge is 2.55. The summed E-state index contributed by atoms with van der Waals surface area (Å²) in [4.78, 5) is 0. The lowest BCUT2D eigenvalue weighted by Gasteiger charge is -2.48. The van der Waals surface area contributed by atoms with Crippen molar-refractivity contribution in [1.82, 2.24) is 0 Å². The molecule has 0 aromatic rings. The minimum absolute atomic E-state index is 0.773. The molecule has 4 saturated heterocycles. The minimum atomic E-state index is -2.02. The van der Waals surface area contributed by atoms with Crippen LogP contribution in [0.1, 0.15) is 0 Å². The highest BCUT2D eigenvalue weighted by molar-refractivity contribution is 4.98. The van der Waals surface area contributed by atoms with E-state index in [1.807, 2.05) is 0 Å². The number of hydrogen-bond acceptors (Lipinski definition) is 21. The van der Waals surface area contributed by atoms with Gasteiger partial charge in [0.15, 0.2) is 25.2 Å². The van der Waals surface area contributed by atoms with Gasteiger partial charge in [-0.05, 0) is 0 Å². The summed E-state index contributed by atoms with van der Waals surface area (Å²) in [5.41, 5.74) is 5.71. The molecule has 45 heavy (non-hydrogen) atoms. The molecule has 0 aliphatic carbocycles. The molecule has 0 aromatic heterocycles. The first-order valence-electron chi connectivity index (χ1n) is 14.2. The van der Waals surface area contributed by atoms with Crippen LogP contribution in [0.5, 0.6) is 0 Å². The SMILES string of the molecule is N[C@@H]1[C@@H](O)[C@H](O[C@H]2O[C@H](CO)[C@@H](O)[C@H](O[C@H]3O[C@H](CO)[C@@H](O)[C@H](O[C@H]4O[C@@H]([C@H](O)CO)[C@H](O)[C@H]4O)[C@@H]3O)[C@@H]2O)[C@@H](CO)O[C@@H]1O. The molecule has 4 fully saturated rings. The largest absolute Gasteiger partial charge is 0.394 e. The van der Waals surface area contributed by atoms with Gasteiger partial charge >= 0.3 is 0 Å². The van der Waals surface area contributed by atoms with Crippen LogP contribution in [0.4, 0.5) is 0 Å². The van der Waals surface area contributed by atoms with Crippen LogP contribution < -0.4 is 5.73 Å². The van der Waals surface area contributed by atoms with Gasteiger partial charge in [-0.25, -0.2) is 0 Å². The number of aliphatic hydroxyl groups is 13. The fourth-order valence-electron chi connectivity index (χ4n) is 5.59. The first-order chi connectivity index (χ1) is 21.3. The average Bonchev–Trinajstić information content (AvgIpc) is 3.31. The van der Waals surface area contributed by atoms with Gasteiger partial charge < -0.3 is 105 Å². The Balaban J connectivity index is 1.52. The molecule has 4 aliphatic rings. The second kappa shape index (κ2) is 15.6. The molecule has 4 aliphatic heterocycles. The smallest absolute Gasteiger partial charge is 0.187 e. The zero-order chi connectivity index (χ0) is 33.3. The number of hydrogen-bond donors (Lipinski definition) is 14. The summed E-state index contributed by atoms with van der Waals surface area (Å²) >= 11 is 0. The topological polar surface area (TPSA) is 354 Å². The molecule has 0 amide bonds. The monoisotopic (exact) mass is 665 g/mol. The zero-order valence-electron chi connectivity index (χ0n) is 23.6. The molecule has 0 unspecified atom stereocenters. The van der Waals surface area contributed by atoms with E-state index in [9.17, 15) is 66.4 Å². The van der Waals surface area contributed by atoms with Crippen molar-refractivity contribution in [3.8, 4) is 0 Å². The van der Waals surface area contributed by atoms with Crippen molar-refractivity contribution in [3.63, 3.8) is 0 Å². The first kappa shape index (κ1) is 37.0. The Hall–Kier alpha value is -0.840. The van der Waals surface area contributed by atoms with Crippen molar-refractivity contribution in [2.24, 2.45) is 5.73 Å². The minimum Gasteiger partial charge on any atom is -0.394 e. The molecule has 0 aromatic carbocycles. The maximum absolute atomic E-state index is 11.1. The maximum atomic E-state index is 11.1. The van der Waals surface area contributed by atoms with E-state index < -0.39 is 149 Å². The van der Waals surface area contributed by atoms with E-state index in [1.165, 1.54) is 0 Å². The van der Waals surface area contributed by atoms with Crippen molar-refractivity contribution in [2.45, 2.75) is 123 Å². The first-order valence-corrected chi connectivity index (χ1v) is 14.2. The predicted octanol–water partition coefficient (Wildman–Crippen LogP) is -9.78. The Bertz CT molecular complexity index is 922. The molecule has 0 radical (unpaired) electrons. The number of rotatable bonds is 11. The van der Waals surface area contributed by atoms with Crippen LogP contribution in [0.2, 0.25) is 0 Å². The van der Waals surface area contributed by atoms with Crippen LogP contribution in [0.25, 0.3) is 0 Å². The lowest BCUT2D eigenvalue weighted by atomic mass is 9.95. The van der Waals surface area contributed by atoms with Crippen molar-refractivity contribution in [3.05, 3.63) is 0 Å². The van der Waals surface area contributed by atoms with Crippen LogP contribution in [0.3, 0.4) is 0 Å². The normalized spacial score (nSPS) is 51.7. The Morgan fingerprint density at radius 3 is 1.40 bits per heavy atom. The Morgan fingerprint density at radius 1 is 0.511 bits per heavy atom. The predicted molar refractivity (Wildman–Crippen MR) is 136 cm³/mol. The molecule has 15 N–H and O–H groups in total. The van der Waals surface area contributed by atoms with Gasteiger partial charge in [-0.1, -0.05) is 0 Å². The lowest BCUT2D eigenvalue weighted by molar-refractivity contribution is -0.380. The Kier molecular flexibility index (Phi) is 12.8. The van der Waals surface area contributed by atoms with Crippen molar-refractivity contribution >= 4 is 0 Å². The van der Waals surface area contributed by atoms with E-state index in [0.29, 0.717) is 0 Å². The number of nitrogens with two attached hydrogens (primary N) is 1. The third kappa shape index (κ3) is 7.44. The molecular weight excluding hydrogens is 622 g/mol. The van der Waals surface area contributed by atoms with Crippen molar-refractivity contribution in [1.29, 1.82) is 0 Å². The third-order valence-corrected chi connectivity index (χ3v) is 8.26. The fraction of sp³-hybridized carbons (Fsp3) is 1.00. The molecule has 0 spiro atoms. The molecule has 21 nitrogen and oxygen atoms in total. The summed E-state index contributed by atoms with van der Waals surface area (Å²) in [7, 11) is 0. The molecule has 4 heterocycles. The molecule has 0 bridgehead atoms. The number of ether oxygens (including phenoxy) is 7. The molecule has 21 heteroatoms. The van der Waals surface area contributed by atoms with Crippen LogP contribution in [-0.4, -0.2) is 216 Å². The second-order valence-electron chi connectivity index (χ2n) is 11.2. The summed E-state index contributed by atoms with van der Waals surface area (Å²) in [6.45, 7) is -3.36. The maximum Gasteiger partial charge on any atom is 0.187 e. The van der Waals surface area contributed by atoms with E-state index >= 15 is 0 Å². The molecule has 4 rings (SSSR count). The molecule has 20 atom stereocenters. The highest BCUT2D eigenvalue weighted by Crippen LogP contribution is 2.34. The molecular formula is C24H43NO20. The van der Waals surface area contributed by atoms with Crippen LogP contribution >= 0.6 is 0 Å². The summed E-state index contributed by atoms with van der Waals surface area (Å²) in [6.07, 6.45) is -32.7. The second-order valence-corrected chi connectivity index (χ2v) is 11.2. The van der Waals surface area contributed by atoms with Crippen LogP contribution in [-0.2, 0) is 33.2 Å². The highest BCUT2D eigenvalue weighted by atomic mass is 16.8. The van der Waals surface area contributed by atoms with E-state index in [1.54, 1.807) is 0 Å². The van der Waals surface area contributed by atoms with E-state index in [2.05, 4.69) is 0 Å². The van der Waals surface area contributed by atoms with Gasteiger partial charge in [0.1, 0.15) is 91.6 Å². The van der Waals surface area contributed by atoms with E-state index in [-0.39, 0.29) is 0 Å². The summed E-state index contributed by atoms with van der Waals surface area (Å²) in [5, 5.41) is 133. The third-order valence-electron chi connectivity index (χ3n) is 8.26. The lowest BCUT2D eigenvalue weighted by Crippen LogP contribution is -2.67. The average molecular weight is 666 g/mol. The Labute approximate surface area is 255 Å². The standard InChI is InChI=1S/C24H43NO20/c25-9-12(33)18(8(4-29)39-21(9)38)43-23-15(36)20(11(32)6(2-27)40-23)45-24-16(37)19(10(31)7(3-28)41-24)44-22-14(35)13(34)17(42-22)5(30)1-26/h5-24,26-38H,1-4,25H2/t5-,6-,7-,8-,9-,10-,11-,12-,13-,14-,15+,16+,17+,18-,19+,20+,21+,22-,23-,24-/m1/s1. The summed E-state index contributed by atoms with van der Waals surface area (Å²) in [5.74, 6) is 0. The van der Waals surface area contributed by atoms with Crippen molar-refractivity contribution in [2.75, 3.05) is 26.4 Å². The van der Waals surface area contributed by atoms with E-state index in [4.69, 9.17) is 38.9 Å². The number of aliphatic hydroxyl groups excluding tert-OH is 13. The summed E-state index contributed by atoms with van der Waals surface area (Å²) in [6, 6.07) is -1.40. The molecule has 0 saturated carbocycles. The fourth-order valence-corrected chi connectivity index (χ4v) is 5.59.